The maximum absolute atomic E-state index is 13.8. The van der Waals surface area contributed by atoms with Crippen molar-refractivity contribution in [3.63, 3.8) is 0 Å². The fourth-order valence-electron chi connectivity index (χ4n) is 5.56. The molecule has 0 spiro atoms. The molecule has 1 aromatic heterocycles. The molecule has 2 aliphatic rings. The highest BCUT2D eigenvalue weighted by molar-refractivity contribution is 7.10. The van der Waals surface area contributed by atoms with Gasteiger partial charge in [-0.15, -0.1) is 11.3 Å². The third kappa shape index (κ3) is 5.95. The van der Waals surface area contributed by atoms with Gasteiger partial charge in [-0.25, -0.2) is 0 Å². The second-order valence-electron chi connectivity index (χ2n) is 9.83. The number of nitrogens with one attached hydrogen (secondary N) is 1. The van der Waals surface area contributed by atoms with Gasteiger partial charge >= 0.3 is 0 Å². The van der Waals surface area contributed by atoms with Gasteiger partial charge in [0.2, 0.25) is 5.91 Å². The van der Waals surface area contributed by atoms with Crippen LogP contribution in [0.4, 0.5) is 5.69 Å². The topological polar surface area (TPSA) is 74.4 Å². The number of carbonyl (C=O) groups is 2. The first-order valence-electron chi connectivity index (χ1n) is 13.4. The number of ether oxygens (including phenoxy) is 2. The molecule has 0 bridgehead atoms. The Morgan fingerprint density at radius 2 is 1.74 bits per heavy atom. The Morgan fingerprint density at radius 3 is 2.44 bits per heavy atom. The van der Waals surface area contributed by atoms with Crippen LogP contribution in [0.5, 0.6) is 5.75 Å². The Bertz CT molecular complexity index is 1240. The van der Waals surface area contributed by atoms with Gasteiger partial charge in [0.05, 0.1) is 25.7 Å². The zero-order valence-electron chi connectivity index (χ0n) is 22.5. The van der Waals surface area contributed by atoms with Gasteiger partial charge < -0.3 is 24.6 Å². The van der Waals surface area contributed by atoms with Crippen molar-refractivity contribution in [1.29, 1.82) is 0 Å². The summed E-state index contributed by atoms with van der Waals surface area (Å²) in [5, 5.41) is 5.20. The molecule has 206 valence electrons. The van der Waals surface area contributed by atoms with Crippen molar-refractivity contribution in [3.05, 3.63) is 82.0 Å². The number of methoxy groups -OCH3 is 2. The van der Waals surface area contributed by atoms with Gasteiger partial charge in [-0.3, -0.25) is 14.5 Å². The number of amides is 2. The molecule has 0 unspecified atom stereocenters. The normalized spacial score (nSPS) is 19.6. The minimum atomic E-state index is -0.485. The molecule has 1 fully saturated rings. The second kappa shape index (κ2) is 12.6. The third-order valence-electron chi connectivity index (χ3n) is 7.63. The highest BCUT2D eigenvalue weighted by atomic mass is 32.1. The molecular weight excluding hydrogens is 512 g/mol. The Morgan fingerprint density at radius 1 is 0.974 bits per heavy atom. The largest absolute Gasteiger partial charge is 0.497 e. The molecule has 3 aromatic rings. The SMILES string of the molecule is COCCN1C(=O)c2ccccc2[C@@H](C(=O)NCCN2CCN(c3ccc(OC)cc3)CC2)[C@H]1c1cccs1. The van der Waals surface area contributed by atoms with Crippen molar-refractivity contribution < 1.29 is 19.1 Å². The van der Waals surface area contributed by atoms with Crippen molar-refractivity contribution in [2.45, 2.75) is 12.0 Å². The van der Waals surface area contributed by atoms with Gasteiger partial charge in [0.25, 0.3) is 5.91 Å². The summed E-state index contributed by atoms with van der Waals surface area (Å²) in [7, 11) is 3.31. The first-order chi connectivity index (χ1) is 19.1. The van der Waals surface area contributed by atoms with Gasteiger partial charge in [0.1, 0.15) is 5.75 Å². The second-order valence-corrected chi connectivity index (χ2v) is 10.8. The van der Waals surface area contributed by atoms with E-state index in [9.17, 15) is 9.59 Å². The van der Waals surface area contributed by atoms with Gasteiger partial charge in [-0.05, 0) is 47.3 Å². The fourth-order valence-corrected chi connectivity index (χ4v) is 6.43. The summed E-state index contributed by atoms with van der Waals surface area (Å²) in [6, 6.07) is 19.3. The lowest BCUT2D eigenvalue weighted by atomic mass is 9.81. The van der Waals surface area contributed by atoms with Crippen LogP contribution in [0, 0.1) is 0 Å². The smallest absolute Gasteiger partial charge is 0.254 e. The van der Waals surface area contributed by atoms with Crippen LogP contribution in [0.2, 0.25) is 0 Å². The maximum Gasteiger partial charge on any atom is 0.254 e. The molecule has 2 atom stereocenters. The summed E-state index contributed by atoms with van der Waals surface area (Å²) in [6.07, 6.45) is 0. The minimum Gasteiger partial charge on any atom is -0.497 e. The Balaban J connectivity index is 1.24. The van der Waals surface area contributed by atoms with E-state index in [1.54, 1.807) is 30.5 Å². The molecule has 8 nitrogen and oxygen atoms in total. The van der Waals surface area contributed by atoms with Gasteiger partial charge in [0.15, 0.2) is 0 Å². The summed E-state index contributed by atoms with van der Waals surface area (Å²) in [6.45, 7) is 5.92. The van der Waals surface area contributed by atoms with Crippen LogP contribution in [0.25, 0.3) is 0 Å². The quantitative estimate of drug-likeness (QED) is 0.417. The summed E-state index contributed by atoms with van der Waals surface area (Å²) >= 11 is 1.58. The summed E-state index contributed by atoms with van der Waals surface area (Å²) in [5.74, 6) is 0.273. The molecule has 2 amide bonds. The van der Waals surface area contributed by atoms with Crippen LogP contribution >= 0.6 is 11.3 Å². The maximum atomic E-state index is 13.8. The van der Waals surface area contributed by atoms with E-state index in [-0.39, 0.29) is 17.9 Å². The number of nitrogens with zero attached hydrogens (tertiary/aromatic N) is 3. The van der Waals surface area contributed by atoms with Crippen LogP contribution in [0.3, 0.4) is 0 Å². The predicted molar refractivity (Wildman–Crippen MR) is 154 cm³/mol. The molecule has 1 saturated heterocycles. The lowest BCUT2D eigenvalue weighted by molar-refractivity contribution is -0.124. The number of rotatable bonds is 10. The van der Waals surface area contributed by atoms with E-state index in [4.69, 9.17) is 9.47 Å². The number of anilines is 1. The van der Waals surface area contributed by atoms with Crippen LogP contribution in [-0.4, -0.2) is 88.3 Å². The average Bonchev–Trinajstić information content (AvgIpc) is 3.52. The van der Waals surface area contributed by atoms with E-state index >= 15 is 0 Å². The highest BCUT2D eigenvalue weighted by Crippen LogP contribution is 2.44. The first kappa shape index (κ1) is 27.2. The lowest BCUT2D eigenvalue weighted by Gasteiger charge is -2.41. The zero-order valence-corrected chi connectivity index (χ0v) is 23.4. The van der Waals surface area contributed by atoms with Crippen LogP contribution in [-0.2, 0) is 9.53 Å². The monoisotopic (exact) mass is 548 g/mol. The first-order valence-corrected chi connectivity index (χ1v) is 14.3. The fraction of sp³-hybridized carbons (Fsp3) is 0.400. The highest BCUT2D eigenvalue weighted by Gasteiger charge is 2.44. The van der Waals surface area contributed by atoms with Crippen molar-refractivity contribution in [1.82, 2.24) is 15.1 Å². The van der Waals surface area contributed by atoms with E-state index < -0.39 is 5.92 Å². The van der Waals surface area contributed by atoms with E-state index in [0.29, 0.717) is 25.3 Å². The number of carbonyl (C=O) groups excluding carboxylic acids is 2. The molecule has 2 aromatic carbocycles. The molecular formula is C30H36N4O4S. The summed E-state index contributed by atoms with van der Waals surface area (Å²) in [4.78, 5) is 34.9. The molecule has 1 N–H and O–H groups in total. The molecule has 9 heteroatoms. The number of hydrogen-bond donors (Lipinski definition) is 1. The van der Waals surface area contributed by atoms with Gasteiger partial charge in [0, 0.05) is 69.1 Å². The molecule has 39 heavy (non-hydrogen) atoms. The standard InChI is InChI=1S/C30H36N4O4S/c1-37-20-19-34-28(26-8-5-21-39-26)27(24-6-3-4-7-25(24)30(34)36)29(35)31-13-14-32-15-17-33(18-16-32)22-9-11-23(38-2)12-10-22/h3-12,21,27-28H,13-20H2,1-2H3,(H,31,35)/t27-,28-/m1/s1. The zero-order chi connectivity index (χ0) is 27.2. The number of thiophene rings is 1. The molecule has 5 rings (SSSR count). The van der Waals surface area contributed by atoms with Crippen molar-refractivity contribution in [2.75, 3.05) is 71.5 Å². The number of piperazine rings is 1. The van der Waals surface area contributed by atoms with Crippen molar-refractivity contribution >= 4 is 28.8 Å². The van der Waals surface area contributed by atoms with E-state index in [1.165, 1.54) is 5.69 Å². The predicted octanol–water partition coefficient (Wildman–Crippen LogP) is 3.62. The lowest BCUT2D eigenvalue weighted by Crippen LogP contribution is -2.50. The Hall–Kier alpha value is -3.40. The van der Waals surface area contributed by atoms with Gasteiger partial charge in [-0.2, -0.15) is 0 Å². The van der Waals surface area contributed by atoms with E-state index in [2.05, 4.69) is 27.2 Å². The molecule has 0 saturated carbocycles. The third-order valence-corrected chi connectivity index (χ3v) is 8.57. The summed E-state index contributed by atoms with van der Waals surface area (Å²) in [5.41, 5.74) is 2.59. The Kier molecular flexibility index (Phi) is 8.81. The van der Waals surface area contributed by atoms with Crippen molar-refractivity contribution in [2.24, 2.45) is 0 Å². The van der Waals surface area contributed by atoms with Crippen LogP contribution in [0.15, 0.2) is 66.0 Å². The van der Waals surface area contributed by atoms with Crippen LogP contribution in [0.1, 0.15) is 32.8 Å². The minimum absolute atomic E-state index is 0.0485. The number of benzene rings is 2. The van der Waals surface area contributed by atoms with Crippen LogP contribution < -0.4 is 15.0 Å². The molecule has 2 aliphatic heterocycles. The average molecular weight is 549 g/mol. The number of hydrogen-bond acceptors (Lipinski definition) is 7. The number of fused-ring (bicyclic) bond motifs is 1. The van der Waals surface area contributed by atoms with E-state index in [0.717, 1.165) is 48.9 Å². The van der Waals surface area contributed by atoms with E-state index in [1.807, 2.05) is 53.9 Å². The van der Waals surface area contributed by atoms with Crippen molar-refractivity contribution in [3.8, 4) is 5.75 Å². The molecule has 0 aliphatic carbocycles. The Labute approximate surface area is 234 Å². The molecule has 0 radical (unpaired) electrons. The van der Waals surface area contributed by atoms with Gasteiger partial charge in [-0.1, -0.05) is 24.3 Å². The molecule has 3 heterocycles. The summed E-state index contributed by atoms with van der Waals surface area (Å²) < 4.78 is 10.6.